The van der Waals surface area contributed by atoms with Crippen LogP contribution in [0.3, 0.4) is 0 Å². The van der Waals surface area contributed by atoms with Crippen molar-refractivity contribution in [1.29, 1.82) is 0 Å². The number of hydrogen-bond donors (Lipinski definition) is 1. The summed E-state index contributed by atoms with van der Waals surface area (Å²) >= 11 is 0. The first-order chi connectivity index (χ1) is 17.3. The van der Waals surface area contributed by atoms with Crippen molar-refractivity contribution in [2.75, 3.05) is 13.1 Å². The number of hydrogen-bond acceptors (Lipinski definition) is 6. The fraction of sp³-hybridized carbons (Fsp3) is 0.444. The molecule has 0 saturated carbocycles. The second kappa shape index (κ2) is 9.72. The number of carbonyl (C=O) groups is 3. The Morgan fingerprint density at radius 3 is 2.64 bits per heavy atom. The van der Waals surface area contributed by atoms with Crippen LogP contribution in [-0.4, -0.2) is 56.6 Å². The zero-order valence-electron chi connectivity index (χ0n) is 20.9. The van der Waals surface area contributed by atoms with Gasteiger partial charge in [0, 0.05) is 62.2 Å². The number of fused-ring (bicyclic) bond motifs is 1. The molecule has 188 valence electrons. The largest absolute Gasteiger partial charge is 0.488 e. The van der Waals surface area contributed by atoms with E-state index in [-0.39, 0.29) is 29.7 Å². The minimum Gasteiger partial charge on any atom is -0.488 e. The van der Waals surface area contributed by atoms with Crippen molar-refractivity contribution in [1.82, 2.24) is 25.0 Å². The van der Waals surface area contributed by atoms with Crippen LogP contribution in [0.5, 0.6) is 5.75 Å². The maximum Gasteiger partial charge on any atom is 0.253 e. The van der Waals surface area contributed by atoms with E-state index in [4.69, 9.17) is 4.74 Å². The molecule has 0 radical (unpaired) electrons. The Balaban J connectivity index is 1.29. The van der Waals surface area contributed by atoms with E-state index in [2.05, 4.69) is 29.2 Å². The molecule has 1 N–H and O–H groups in total. The Morgan fingerprint density at radius 1 is 1.14 bits per heavy atom. The Morgan fingerprint density at radius 2 is 1.92 bits per heavy atom. The number of carbonyl (C=O) groups excluding carboxylic acids is 3. The first kappa shape index (κ1) is 24.0. The van der Waals surface area contributed by atoms with Gasteiger partial charge in [-0.2, -0.15) is 5.10 Å². The number of nitrogens with one attached hydrogen (secondary N) is 1. The molecule has 4 heterocycles. The van der Waals surface area contributed by atoms with E-state index in [0.717, 1.165) is 29.4 Å². The third-order valence-electron chi connectivity index (χ3n) is 7.07. The van der Waals surface area contributed by atoms with Gasteiger partial charge in [-0.05, 0) is 30.5 Å². The molecule has 2 aliphatic rings. The normalized spacial score (nSPS) is 19.1. The summed E-state index contributed by atoms with van der Waals surface area (Å²) in [7, 11) is 1.84. The van der Waals surface area contributed by atoms with Crippen molar-refractivity contribution in [3.8, 4) is 5.75 Å². The van der Waals surface area contributed by atoms with Gasteiger partial charge in [0.2, 0.25) is 11.8 Å². The number of piperidine rings is 2. The van der Waals surface area contributed by atoms with Crippen molar-refractivity contribution < 1.29 is 19.1 Å². The number of para-hydroxylation sites is 1. The van der Waals surface area contributed by atoms with Crippen molar-refractivity contribution in [2.45, 2.75) is 57.5 Å². The molecule has 2 aromatic heterocycles. The Bertz CT molecular complexity index is 1320. The fourth-order valence-corrected chi connectivity index (χ4v) is 5.07. The number of nitrogens with zero attached hydrogens (tertiary/aromatic N) is 4. The third kappa shape index (κ3) is 4.57. The van der Waals surface area contributed by atoms with Gasteiger partial charge < -0.3 is 9.64 Å². The Hall–Kier alpha value is -3.75. The summed E-state index contributed by atoms with van der Waals surface area (Å²) in [5.41, 5.74) is 3.09. The average Bonchev–Trinajstić information content (AvgIpc) is 3.21. The lowest BCUT2D eigenvalue weighted by Gasteiger charge is -2.32. The molecule has 0 spiro atoms. The summed E-state index contributed by atoms with van der Waals surface area (Å²) in [6, 6.07) is 9.43. The molecule has 0 bridgehead atoms. The number of benzene rings is 1. The van der Waals surface area contributed by atoms with E-state index in [1.807, 2.05) is 36.2 Å². The van der Waals surface area contributed by atoms with E-state index in [1.54, 1.807) is 16.9 Å². The van der Waals surface area contributed by atoms with Gasteiger partial charge in [0.1, 0.15) is 17.4 Å². The zero-order chi connectivity index (χ0) is 25.4. The van der Waals surface area contributed by atoms with Crippen LogP contribution in [0.2, 0.25) is 0 Å². The van der Waals surface area contributed by atoms with Crippen LogP contribution in [0.15, 0.2) is 36.5 Å². The highest BCUT2D eigenvalue weighted by Gasteiger charge is 2.32. The molecule has 9 heteroatoms. The maximum absolute atomic E-state index is 13.1. The van der Waals surface area contributed by atoms with Gasteiger partial charge in [-0.1, -0.05) is 26.0 Å². The zero-order valence-corrected chi connectivity index (χ0v) is 20.9. The molecule has 5 rings (SSSR count). The molecule has 36 heavy (non-hydrogen) atoms. The lowest BCUT2D eigenvalue weighted by Crippen LogP contribution is -2.41. The van der Waals surface area contributed by atoms with Crippen LogP contribution in [0.4, 0.5) is 0 Å². The summed E-state index contributed by atoms with van der Waals surface area (Å²) in [5.74, 6) is 0.00301. The summed E-state index contributed by atoms with van der Waals surface area (Å²) in [4.78, 5) is 43.3. The molecule has 3 aromatic rings. The molecule has 3 amide bonds. The average molecular weight is 490 g/mol. The first-order valence-electron chi connectivity index (χ1n) is 12.5. The molecule has 0 aliphatic carbocycles. The van der Waals surface area contributed by atoms with Gasteiger partial charge in [0.25, 0.3) is 5.91 Å². The van der Waals surface area contributed by atoms with Crippen molar-refractivity contribution >= 4 is 28.6 Å². The summed E-state index contributed by atoms with van der Waals surface area (Å²) in [6.45, 7) is 5.36. The van der Waals surface area contributed by atoms with E-state index in [1.165, 1.54) is 0 Å². The molecule has 2 saturated heterocycles. The molecule has 1 unspecified atom stereocenters. The van der Waals surface area contributed by atoms with Crippen LogP contribution in [0.1, 0.15) is 73.1 Å². The molecule has 2 aliphatic heterocycles. The number of imide groups is 1. The molecule has 1 aromatic carbocycles. The lowest BCUT2D eigenvalue weighted by atomic mass is 9.93. The van der Waals surface area contributed by atoms with E-state index in [9.17, 15) is 14.4 Å². The number of pyridine rings is 1. The highest BCUT2D eigenvalue weighted by atomic mass is 16.5. The summed E-state index contributed by atoms with van der Waals surface area (Å²) < 4.78 is 8.16. The van der Waals surface area contributed by atoms with Gasteiger partial charge in [0.05, 0.1) is 11.6 Å². The number of aryl methyl sites for hydroxylation is 1. The smallest absolute Gasteiger partial charge is 0.253 e. The second-order valence-corrected chi connectivity index (χ2v) is 9.90. The lowest BCUT2D eigenvalue weighted by molar-refractivity contribution is -0.134. The first-order valence-corrected chi connectivity index (χ1v) is 12.5. The number of rotatable bonds is 5. The minimum absolute atomic E-state index is 0.0281. The Labute approximate surface area is 209 Å². The van der Waals surface area contributed by atoms with E-state index >= 15 is 0 Å². The maximum atomic E-state index is 13.1. The van der Waals surface area contributed by atoms with Gasteiger partial charge in [-0.25, -0.2) is 0 Å². The van der Waals surface area contributed by atoms with Crippen LogP contribution in [0, 0.1) is 0 Å². The minimum atomic E-state index is -0.458. The van der Waals surface area contributed by atoms with Gasteiger partial charge in [-0.3, -0.25) is 29.4 Å². The number of amides is 3. The number of ether oxygens (including phenoxy) is 1. The molecule has 1 atom stereocenters. The SMILES string of the molecule is CC(C)c1cc(C(=O)N2CCC(Oc3cccc4c(C5CCC(=O)NC5=O)nn(C)c34)CC2)ccn1. The number of likely N-dealkylation sites (tertiary alicyclic amines) is 1. The van der Waals surface area contributed by atoms with Crippen LogP contribution < -0.4 is 10.1 Å². The topological polar surface area (TPSA) is 106 Å². The molecule has 9 nitrogen and oxygen atoms in total. The second-order valence-electron chi connectivity index (χ2n) is 9.90. The predicted octanol–water partition coefficient (Wildman–Crippen LogP) is 3.30. The van der Waals surface area contributed by atoms with Crippen LogP contribution in [-0.2, 0) is 16.6 Å². The molecule has 2 fully saturated rings. The van der Waals surface area contributed by atoms with Gasteiger partial charge in [-0.15, -0.1) is 0 Å². The van der Waals surface area contributed by atoms with Gasteiger partial charge in [0.15, 0.2) is 0 Å². The fourth-order valence-electron chi connectivity index (χ4n) is 5.07. The quantitative estimate of drug-likeness (QED) is 0.551. The predicted molar refractivity (Wildman–Crippen MR) is 134 cm³/mol. The highest BCUT2D eigenvalue weighted by molar-refractivity contribution is 6.03. The standard InChI is InChI=1S/C27H31N5O4/c1-16(2)21-15-17(9-12-28-21)27(35)32-13-10-18(11-14-32)36-22-6-4-5-19-24(30-31(3)25(19)22)20-7-8-23(33)29-26(20)34/h4-6,9,12,15-16,18,20H,7-8,10-11,13-14H2,1-3H3,(H,29,33,34). The van der Waals surface area contributed by atoms with Crippen molar-refractivity contribution in [3.63, 3.8) is 0 Å². The van der Waals surface area contributed by atoms with Crippen molar-refractivity contribution in [2.24, 2.45) is 7.05 Å². The highest BCUT2D eigenvalue weighted by Crippen LogP contribution is 2.35. The Kier molecular flexibility index (Phi) is 6.47. The third-order valence-corrected chi connectivity index (χ3v) is 7.07. The number of aromatic nitrogens is 3. The van der Waals surface area contributed by atoms with Crippen LogP contribution >= 0.6 is 0 Å². The van der Waals surface area contributed by atoms with E-state index in [0.29, 0.717) is 42.9 Å². The summed E-state index contributed by atoms with van der Waals surface area (Å²) in [6.07, 6.45) is 3.88. The van der Waals surface area contributed by atoms with Gasteiger partial charge >= 0.3 is 0 Å². The van der Waals surface area contributed by atoms with E-state index < -0.39 is 5.92 Å². The molecular weight excluding hydrogens is 458 g/mol. The van der Waals surface area contributed by atoms with Crippen LogP contribution in [0.25, 0.3) is 10.9 Å². The summed E-state index contributed by atoms with van der Waals surface area (Å²) in [5, 5.41) is 7.92. The monoisotopic (exact) mass is 489 g/mol. The van der Waals surface area contributed by atoms with Crippen molar-refractivity contribution in [3.05, 3.63) is 53.5 Å². The molecular formula is C27H31N5O4.